The van der Waals surface area contributed by atoms with E-state index in [1.807, 2.05) is 0 Å². The summed E-state index contributed by atoms with van der Waals surface area (Å²) in [5, 5.41) is 9.00. The highest BCUT2D eigenvalue weighted by Gasteiger charge is 2.34. The molecule has 2 saturated heterocycles. The van der Waals surface area contributed by atoms with Gasteiger partial charge in [0.05, 0.1) is 18.8 Å². The molecular formula is C9H17NO2. The van der Waals surface area contributed by atoms with Crippen molar-refractivity contribution in [2.75, 3.05) is 19.7 Å². The van der Waals surface area contributed by atoms with E-state index >= 15 is 0 Å². The highest BCUT2D eigenvalue weighted by atomic mass is 16.5. The van der Waals surface area contributed by atoms with Crippen LogP contribution < -0.4 is 0 Å². The molecule has 70 valence electrons. The Morgan fingerprint density at radius 1 is 1.42 bits per heavy atom. The summed E-state index contributed by atoms with van der Waals surface area (Å²) in [4.78, 5) is 2.34. The molecule has 0 amide bonds. The molecule has 2 heterocycles. The van der Waals surface area contributed by atoms with Gasteiger partial charge in [-0.3, -0.25) is 4.90 Å². The molecule has 0 saturated carbocycles. The van der Waals surface area contributed by atoms with E-state index in [0.29, 0.717) is 18.2 Å². The first-order valence-corrected chi connectivity index (χ1v) is 4.80. The minimum atomic E-state index is 0.263. The number of aliphatic hydroxyl groups is 1. The monoisotopic (exact) mass is 171 g/mol. The third kappa shape index (κ3) is 1.49. The maximum Gasteiger partial charge on any atom is 0.0707 e. The molecule has 1 N–H and O–H groups in total. The second kappa shape index (κ2) is 3.32. The zero-order valence-corrected chi connectivity index (χ0v) is 7.57. The van der Waals surface area contributed by atoms with Crippen molar-refractivity contribution >= 4 is 0 Å². The molecule has 2 aliphatic heterocycles. The standard InChI is InChI=1S/C9H17NO2/c1-7(6-11)10-4-8-2-3-9(5-10)12-8/h7-9,11H,2-6H2,1H3. The minimum absolute atomic E-state index is 0.263. The van der Waals surface area contributed by atoms with Crippen LogP contribution in [0.1, 0.15) is 19.8 Å². The number of hydrogen-bond donors (Lipinski definition) is 1. The maximum absolute atomic E-state index is 9.00. The topological polar surface area (TPSA) is 32.7 Å². The fourth-order valence-electron chi connectivity index (χ4n) is 2.12. The lowest BCUT2D eigenvalue weighted by atomic mass is 10.2. The first kappa shape index (κ1) is 8.48. The average molecular weight is 171 g/mol. The summed E-state index contributed by atoms with van der Waals surface area (Å²) in [6.45, 7) is 4.36. The largest absolute Gasteiger partial charge is 0.395 e. The number of likely N-dealkylation sites (tertiary alicyclic amines) is 1. The molecule has 3 heteroatoms. The SMILES string of the molecule is CC(CO)N1CC2CCC(C1)O2. The fourth-order valence-corrected chi connectivity index (χ4v) is 2.12. The molecule has 0 aliphatic carbocycles. The van der Waals surface area contributed by atoms with Crippen molar-refractivity contribution in [2.24, 2.45) is 0 Å². The summed E-state index contributed by atoms with van der Waals surface area (Å²) in [7, 11) is 0. The zero-order chi connectivity index (χ0) is 8.55. The molecule has 0 spiro atoms. The van der Waals surface area contributed by atoms with Gasteiger partial charge in [-0.1, -0.05) is 0 Å². The Morgan fingerprint density at radius 3 is 2.50 bits per heavy atom. The predicted octanol–water partition coefficient (Wildman–Crippen LogP) is 0.230. The summed E-state index contributed by atoms with van der Waals surface area (Å²) in [5.41, 5.74) is 0. The Kier molecular flexibility index (Phi) is 2.35. The Labute approximate surface area is 73.3 Å². The Hall–Kier alpha value is -0.120. The number of fused-ring (bicyclic) bond motifs is 2. The van der Waals surface area contributed by atoms with E-state index in [1.165, 1.54) is 12.8 Å². The highest BCUT2D eigenvalue weighted by molar-refractivity contribution is 4.86. The Morgan fingerprint density at radius 2 is 2.00 bits per heavy atom. The number of rotatable bonds is 2. The van der Waals surface area contributed by atoms with Crippen LogP contribution in [-0.2, 0) is 4.74 Å². The maximum atomic E-state index is 9.00. The summed E-state index contributed by atoms with van der Waals surface area (Å²) in [5.74, 6) is 0. The normalized spacial score (nSPS) is 38.5. The number of morpholine rings is 1. The van der Waals surface area contributed by atoms with Gasteiger partial charge in [0.1, 0.15) is 0 Å². The van der Waals surface area contributed by atoms with E-state index in [4.69, 9.17) is 9.84 Å². The molecule has 0 radical (unpaired) electrons. The quantitative estimate of drug-likeness (QED) is 0.645. The second-order valence-corrected chi connectivity index (χ2v) is 3.94. The van der Waals surface area contributed by atoms with Crippen molar-refractivity contribution in [3.63, 3.8) is 0 Å². The minimum Gasteiger partial charge on any atom is -0.395 e. The molecule has 3 atom stereocenters. The second-order valence-electron chi connectivity index (χ2n) is 3.94. The van der Waals surface area contributed by atoms with Gasteiger partial charge in [0.25, 0.3) is 0 Å². The fraction of sp³-hybridized carbons (Fsp3) is 1.00. The van der Waals surface area contributed by atoms with Gasteiger partial charge in [-0.2, -0.15) is 0 Å². The smallest absolute Gasteiger partial charge is 0.0707 e. The summed E-state index contributed by atoms with van der Waals surface area (Å²) in [6.07, 6.45) is 3.30. The Balaban J connectivity index is 1.93. The zero-order valence-electron chi connectivity index (χ0n) is 7.57. The van der Waals surface area contributed by atoms with Crippen LogP contribution in [0.2, 0.25) is 0 Å². The lowest BCUT2D eigenvalue weighted by Gasteiger charge is -2.35. The van der Waals surface area contributed by atoms with Gasteiger partial charge in [0.15, 0.2) is 0 Å². The molecule has 12 heavy (non-hydrogen) atoms. The van der Waals surface area contributed by atoms with Gasteiger partial charge in [-0.25, -0.2) is 0 Å². The lowest BCUT2D eigenvalue weighted by Crippen LogP contribution is -2.48. The number of aliphatic hydroxyl groups excluding tert-OH is 1. The van der Waals surface area contributed by atoms with Crippen LogP contribution in [0.15, 0.2) is 0 Å². The van der Waals surface area contributed by atoms with Crippen molar-refractivity contribution in [2.45, 2.75) is 38.0 Å². The van der Waals surface area contributed by atoms with Gasteiger partial charge in [0, 0.05) is 19.1 Å². The van der Waals surface area contributed by atoms with E-state index in [-0.39, 0.29) is 6.61 Å². The van der Waals surface area contributed by atoms with Crippen LogP contribution in [0.3, 0.4) is 0 Å². The number of ether oxygens (including phenoxy) is 1. The van der Waals surface area contributed by atoms with Crippen molar-refractivity contribution in [3.05, 3.63) is 0 Å². The van der Waals surface area contributed by atoms with Gasteiger partial charge in [-0.15, -0.1) is 0 Å². The summed E-state index contributed by atoms with van der Waals surface area (Å²) >= 11 is 0. The molecule has 3 nitrogen and oxygen atoms in total. The molecule has 3 unspecified atom stereocenters. The molecule has 2 rings (SSSR count). The van der Waals surface area contributed by atoms with E-state index in [1.54, 1.807) is 0 Å². The molecule has 2 fully saturated rings. The summed E-state index contributed by atoms with van der Waals surface area (Å²) in [6, 6.07) is 0.303. The van der Waals surface area contributed by atoms with Gasteiger partial charge in [-0.05, 0) is 19.8 Å². The van der Waals surface area contributed by atoms with Crippen molar-refractivity contribution in [3.8, 4) is 0 Å². The molecular weight excluding hydrogens is 154 g/mol. The predicted molar refractivity (Wildman–Crippen MR) is 46.0 cm³/mol. The Bertz CT molecular complexity index is 151. The third-order valence-electron chi connectivity index (χ3n) is 2.96. The lowest BCUT2D eigenvalue weighted by molar-refractivity contribution is -0.0565. The van der Waals surface area contributed by atoms with Crippen molar-refractivity contribution < 1.29 is 9.84 Å². The van der Waals surface area contributed by atoms with Gasteiger partial charge < -0.3 is 9.84 Å². The van der Waals surface area contributed by atoms with Gasteiger partial charge in [0.2, 0.25) is 0 Å². The molecule has 0 aromatic carbocycles. The van der Waals surface area contributed by atoms with Crippen LogP contribution in [0.5, 0.6) is 0 Å². The number of nitrogens with zero attached hydrogens (tertiary/aromatic N) is 1. The van der Waals surface area contributed by atoms with E-state index in [0.717, 1.165) is 13.1 Å². The van der Waals surface area contributed by atoms with Crippen LogP contribution in [-0.4, -0.2) is 48.0 Å². The van der Waals surface area contributed by atoms with Crippen molar-refractivity contribution in [1.29, 1.82) is 0 Å². The van der Waals surface area contributed by atoms with Gasteiger partial charge >= 0.3 is 0 Å². The third-order valence-corrected chi connectivity index (χ3v) is 2.96. The van der Waals surface area contributed by atoms with E-state index < -0.39 is 0 Å². The number of hydrogen-bond acceptors (Lipinski definition) is 3. The molecule has 2 aliphatic rings. The highest BCUT2D eigenvalue weighted by Crippen LogP contribution is 2.26. The first-order chi connectivity index (χ1) is 5.79. The van der Waals surface area contributed by atoms with Crippen molar-refractivity contribution in [1.82, 2.24) is 4.90 Å². The van der Waals surface area contributed by atoms with E-state index in [2.05, 4.69) is 11.8 Å². The molecule has 0 aromatic heterocycles. The summed E-state index contributed by atoms with van der Waals surface area (Å²) < 4.78 is 5.70. The average Bonchev–Trinajstić information content (AvgIpc) is 2.44. The van der Waals surface area contributed by atoms with Crippen LogP contribution in [0, 0.1) is 0 Å². The van der Waals surface area contributed by atoms with E-state index in [9.17, 15) is 0 Å². The van der Waals surface area contributed by atoms with Crippen LogP contribution in [0.25, 0.3) is 0 Å². The van der Waals surface area contributed by atoms with Crippen LogP contribution in [0.4, 0.5) is 0 Å². The molecule has 0 aromatic rings. The molecule has 2 bridgehead atoms. The van der Waals surface area contributed by atoms with Crippen LogP contribution >= 0.6 is 0 Å². The first-order valence-electron chi connectivity index (χ1n) is 4.80.